The van der Waals surface area contributed by atoms with E-state index >= 15 is 0 Å². The van der Waals surface area contributed by atoms with Crippen LogP contribution >= 0.6 is 11.3 Å². The number of hydrogen-bond donors (Lipinski definition) is 2. The Labute approximate surface area is 124 Å². The molecule has 0 fully saturated rings. The van der Waals surface area contributed by atoms with Crippen molar-refractivity contribution in [1.82, 2.24) is 5.32 Å². The molecule has 0 aliphatic heterocycles. The minimum atomic E-state index is -0.938. The van der Waals surface area contributed by atoms with E-state index in [1.165, 1.54) is 23.5 Å². The molecule has 110 valence electrons. The zero-order valence-electron chi connectivity index (χ0n) is 11.0. The monoisotopic (exact) mass is 309 g/mol. The van der Waals surface area contributed by atoms with Crippen LogP contribution in [-0.4, -0.2) is 11.0 Å². The molecule has 21 heavy (non-hydrogen) atoms. The maximum atomic E-state index is 13.0. The van der Waals surface area contributed by atoms with Gasteiger partial charge in [-0.1, -0.05) is 6.07 Å². The summed E-state index contributed by atoms with van der Waals surface area (Å²) in [6, 6.07) is 5.26. The molecule has 1 amide bonds. The van der Waals surface area contributed by atoms with Gasteiger partial charge in [0.2, 0.25) is 5.91 Å². The number of amides is 1. The van der Waals surface area contributed by atoms with Gasteiger partial charge in [-0.2, -0.15) is 0 Å². The van der Waals surface area contributed by atoms with Crippen LogP contribution in [0.25, 0.3) is 6.08 Å². The van der Waals surface area contributed by atoms with E-state index in [-0.39, 0.29) is 19.1 Å². The van der Waals surface area contributed by atoms with Gasteiger partial charge in [0, 0.05) is 17.5 Å². The summed E-state index contributed by atoms with van der Waals surface area (Å²) >= 11 is 1.42. The zero-order valence-corrected chi connectivity index (χ0v) is 11.8. The van der Waals surface area contributed by atoms with Gasteiger partial charge < -0.3 is 10.4 Å². The first kappa shape index (κ1) is 15.3. The molecule has 3 nitrogen and oxygen atoms in total. The summed E-state index contributed by atoms with van der Waals surface area (Å²) in [5.41, 5.74) is 1.27. The highest BCUT2D eigenvalue weighted by Gasteiger charge is 2.03. The number of halogens is 2. The zero-order chi connectivity index (χ0) is 15.2. The molecule has 1 heterocycles. The average Bonchev–Trinajstić information content (AvgIpc) is 2.94. The molecule has 0 saturated carbocycles. The minimum absolute atomic E-state index is 0.0351. The number of carbonyl (C=O) groups is 1. The van der Waals surface area contributed by atoms with Gasteiger partial charge in [-0.15, -0.1) is 11.3 Å². The Bertz CT molecular complexity index is 667. The van der Waals surface area contributed by atoms with E-state index < -0.39 is 11.6 Å². The predicted octanol–water partition coefficient (Wildman–Crippen LogP) is 2.85. The van der Waals surface area contributed by atoms with E-state index in [0.29, 0.717) is 5.56 Å². The Kier molecular flexibility index (Phi) is 5.19. The van der Waals surface area contributed by atoms with Crippen molar-refractivity contribution in [3.05, 3.63) is 63.4 Å². The second-order valence-electron chi connectivity index (χ2n) is 4.32. The molecule has 6 heteroatoms. The van der Waals surface area contributed by atoms with Crippen LogP contribution in [0.1, 0.15) is 16.0 Å². The molecule has 0 unspecified atom stereocenters. The van der Waals surface area contributed by atoms with Crippen molar-refractivity contribution in [1.29, 1.82) is 0 Å². The molecule has 0 spiro atoms. The molecule has 1 aromatic carbocycles. The van der Waals surface area contributed by atoms with Crippen LogP contribution in [0.5, 0.6) is 0 Å². The Morgan fingerprint density at radius 3 is 2.71 bits per heavy atom. The Balaban J connectivity index is 1.88. The number of nitrogens with one attached hydrogen (secondary N) is 1. The lowest BCUT2D eigenvalue weighted by molar-refractivity contribution is -0.116. The number of thiophene rings is 1. The number of aliphatic hydroxyl groups is 1. The lowest BCUT2D eigenvalue weighted by atomic mass is 10.2. The van der Waals surface area contributed by atoms with E-state index in [1.807, 2.05) is 0 Å². The van der Waals surface area contributed by atoms with Gasteiger partial charge in [-0.25, -0.2) is 8.78 Å². The highest BCUT2D eigenvalue weighted by Crippen LogP contribution is 2.16. The van der Waals surface area contributed by atoms with Gasteiger partial charge in [0.1, 0.15) is 0 Å². The second kappa shape index (κ2) is 7.10. The van der Waals surface area contributed by atoms with Gasteiger partial charge in [0.05, 0.1) is 6.61 Å². The van der Waals surface area contributed by atoms with Crippen molar-refractivity contribution >= 4 is 23.3 Å². The van der Waals surface area contributed by atoms with Crippen LogP contribution in [0.2, 0.25) is 0 Å². The minimum Gasteiger partial charge on any atom is -0.392 e. The van der Waals surface area contributed by atoms with Crippen molar-refractivity contribution in [3.63, 3.8) is 0 Å². The fourth-order valence-electron chi connectivity index (χ4n) is 1.62. The van der Waals surface area contributed by atoms with Crippen LogP contribution in [0, 0.1) is 11.6 Å². The first-order valence-electron chi connectivity index (χ1n) is 6.16. The van der Waals surface area contributed by atoms with Crippen LogP contribution in [-0.2, 0) is 17.9 Å². The van der Waals surface area contributed by atoms with E-state index in [9.17, 15) is 13.6 Å². The summed E-state index contributed by atoms with van der Waals surface area (Å²) in [4.78, 5) is 12.5. The number of hydrogen-bond acceptors (Lipinski definition) is 3. The van der Waals surface area contributed by atoms with Gasteiger partial charge in [-0.3, -0.25) is 4.79 Å². The van der Waals surface area contributed by atoms with E-state index in [4.69, 9.17) is 5.11 Å². The lowest BCUT2D eigenvalue weighted by Crippen LogP contribution is -2.20. The molecule has 0 aliphatic carbocycles. The van der Waals surface area contributed by atoms with E-state index in [2.05, 4.69) is 5.32 Å². The van der Waals surface area contributed by atoms with E-state index in [0.717, 1.165) is 22.6 Å². The summed E-state index contributed by atoms with van der Waals surface area (Å²) in [6.45, 7) is 0.0827. The molecular weight excluding hydrogens is 296 g/mol. The molecular formula is C15H13F2NO2S. The summed E-state index contributed by atoms with van der Waals surface area (Å²) < 4.78 is 25.7. The predicted molar refractivity (Wildman–Crippen MR) is 77.5 cm³/mol. The van der Waals surface area contributed by atoms with Gasteiger partial charge in [0.15, 0.2) is 11.6 Å². The SMILES string of the molecule is O=C(C=Cc1cc(CO)cs1)NCc1ccc(F)c(F)c1. The summed E-state index contributed by atoms with van der Waals surface area (Å²) in [6.07, 6.45) is 2.98. The smallest absolute Gasteiger partial charge is 0.244 e. The molecule has 0 saturated heterocycles. The van der Waals surface area contributed by atoms with Crippen molar-refractivity contribution in [3.8, 4) is 0 Å². The van der Waals surface area contributed by atoms with Crippen LogP contribution in [0.3, 0.4) is 0 Å². The average molecular weight is 309 g/mol. The van der Waals surface area contributed by atoms with Crippen LogP contribution in [0.4, 0.5) is 8.78 Å². The largest absolute Gasteiger partial charge is 0.392 e. The Hall–Kier alpha value is -2.05. The second-order valence-corrected chi connectivity index (χ2v) is 5.26. The third-order valence-electron chi connectivity index (χ3n) is 2.71. The fourth-order valence-corrected chi connectivity index (χ4v) is 2.42. The third-order valence-corrected chi connectivity index (χ3v) is 3.65. The molecule has 0 aliphatic rings. The summed E-state index contributed by atoms with van der Waals surface area (Å²) in [5, 5.41) is 13.3. The first-order valence-corrected chi connectivity index (χ1v) is 7.04. The Morgan fingerprint density at radius 1 is 1.24 bits per heavy atom. The topological polar surface area (TPSA) is 49.3 Å². The third kappa shape index (κ3) is 4.47. The van der Waals surface area contributed by atoms with Gasteiger partial charge in [0.25, 0.3) is 0 Å². The van der Waals surface area contributed by atoms with Gasteiger partial charge in [-0.05, 0) is 40.8 Å². The lowest BCUT2D eigenvalue weighted by Gasteiger charge is -2.03. The highest BCUT2D eigenvalue weighted by atomic mass is 32.1. The van der Waals surface area contributed by atoms with E-state index in [1.54, 1.807) is 17.5 Å². The molecule has 0 bridgehead atoms. The number of benzene rings is 1. The number of aliphatic hydroxyl groups excluding tert-OH is 1. The quantitative estimate of drug-likeness (QED) is 0.834. The highest BCUT2D eigenvalue weighted by molar-refractivity contribution is 7.11. The van der Waals surface area contributed by atoms with Crippen LogP contribution < -0.4 is 5.32 Å². The summed E-state index contributed by atoms with van der Waals surface area (Å²) in [7, 11) is 0. The molecule has 2 aromatic rings. The standard InChI is InChI=1S/C15H13F2NO2S/c16-13-3-1-10(6-14(13)17)7-18-15(20)4-2-12-5-11(8-19)9-21-12/h1-6,9,19H,7-8H2,(H,18,20). The van der Waals surface area contributed by atoms with Crippen molar-refractivity contribution < 1.29 is 18.7 Å². The van der Waals surface area contributed by atoms with Crippen molar-refractivity contribution in [2.75, 3.05) is 0 Å². The van der Waals surface area contributed by atoms with Gasteiger partial charge >= 0.3 is 0 Å². The maximum absolute atomic E-state index is 13.0. The normalized spacial score (nSPS) is 11.0. The first-order chi connectivity index (χ1) is 10.1. The number of rotatable bonds is 5. The number of carbonyl (C=O) groups excluding carboxylic acids is 1. The molecule has 2 rings (SSSR count). The maximum Gasteiger partial charge on any atom is 0.244 e. The summed E-state index contributed by atoms with van der Waals surface area (Å²) in [5.74, 6) is -2.19. The molecule has 0 atom stereocenters. The Morgan fingerprint density at radius 2 is 2.05 bits per heavy atom. The van der Waals surface area contributed by atoms with Crippen molar-refractivity contribution in [2.45, 2.75) is 13.2 Å². The van der Waals surface area contributed by atoms with Crippen molar-refractivity contribution in [2.24, 2.45) is 0 Å². The van der Waals surface area contributed by atoms with Crippen LogP contribution in [0.15, 0.2) is 35.7 Å². The molecule has 2 N–H and O–H groups in total. The molecule has 0 radical (unpaired) electrons. The fraction of sp³-hybridized carbons (Fsp3) is 0.133. The molecule has 1 aromatic heterocycles.